The van der Waals surface area contributed by atoms with Crippen molar-refractivity contribution in [2.75, 3.05) is 19.3 Å². The van der Waals surface area contributed by atoms with Crippen molar-refractivity contribution in [3.8, 4) is 28.0 Å². The molecule has 0 bridgehead atoms. The van der Waals surface area contributed by atoms with E-state index in [0.717, 1.165) is 5.56 Å². The molecule has 1 aromatic heterocycles. The van der Waals surface area contributed by atoms with E-state index in [-0.39, 0.29) is 28.7 Å². The number of hydrogen-bond donors (Lipinski definition) is 4. The number of carbonyl (C=O) groups is 2. The van der Waals surface area contributed by atoms with Crippen LogP contribution in [0.3, 0.4) is 0 Å². The van der Waals surface area contributed by atoms with E-state index in [1.807, 2.05) is 6.92 Å². The Morgan fingerprint density at radius 1 is 1.27 bits per heavy atom. The van der Waals surface area contributed by atoms with E-state index < -0.39 is 24.5 Å². The second kappa shape index (κ2) is 8.44. The number of nitrogen functional groups attached to an aromatic ring is 1. The van der Waals surface area contributed by atoms with Gasteiger partial charge < -0.3 is 26.5 Å². The van der Waals surface area contributed by atoms with E-state index in [1.54, 1.807) is 18.2 Å². The quantitative estimate of drug-likeness (QED) is 0.383. The van der Waals surface area contributed by atoms with Crippen LogP contribution in [0.4, 0.5) is 10.1 Å². The van der Waals surface area contributed by atoms with Gasteiger partial charge >= 0.3 is 0 Å². The van der Waals surface area contributed by atoms with Crippen LogP contribution in [0.1, 0.15) is 43.4 Å². The molecule has 2 aromatic carbocycles. The summed E-state index contributed by atoms with van der Waals surface area (Å²) in [5.74, 6) is -1.77. The van der Waals surface area contributed by atoms with Gasteiger partial charge in [0.25, 0.3) is 11.8 Å². The first-order chi connectivity index (χ1) is 16.8. The van der Waals surface area contributed by atoms with Gasteiger partial charge in [-0.15, -0.1) is 0 Å². The fraction of sp³-hybridized carbons (Fsp3) is 0.250. The standard InChI is InChI=1S/C24H24ClFN4O3/c1-12-9-14(27)4-6-15(12)19-18(20(22(28)31)30-21(19)25)13-3-5-16(17(10-13)33-2)23(32)29-11-24(26)7-8-24/h3-6,9-10,30H,7-8,11,27H2,1-2H3,(H2,28,31)(H,29,32)/i2D3. The van der Waals surface area contributed by atoms with Crippen LogP contribution in [0.2, 0.25) is 5.15 Å². The minimum atomic E-state index is -2.88. The molecule has 6 N–H and O–H groups in total. The molecule has 0 radical (unpaired) electrons. The lowest BCUT2D eigenvalue weighted by molar-refractivity contribution is 0.0933. The van der Waals surface area contributed by atoms with E-state index in [0.29, 0.717) is 40.8 Å². The molecule has 0 atom stereocenters. The molecule has 3 aromatic rings. The normalized spacial score (nSPS) is 15.8. The Labute approximate surface area is 199 Å². The number of hydrogen-bond acceptors (Lipinski definition) is 4. The summed E-state index contributed by atoms with van der Waals surface area (Å²) in [5.41, 5.74) is 12.9. The van der Waals surface area contributed by atoms with Gasteiger partial charge in [-0.2, -0.15) is 0 Å². The number of carbonyl (C=O) groups excluding carboxylic acids is 2. The lowest BCUT2D eigenvalue weighted by atomic mass is 9.93. The van der Waals surface area contributed by atoms with Crippen molar-refractivity contribution < 1.29 is 22.8 Å². The van der Waals surface area contributed by atoms with Gasteiger partial charge in [-0.25, -0.2) is 4.39 Å². The first kappa shape index (κ1) is 19.0. The average Bonchev–Trinajstić information content (AvgIpc) is 3.41. The highest BCUT2D eigenvalue weighted by Crippen LogP contribution is 2.43. The maximum atomic E-state index is 14.0. The van der Waals surface area contributed by atoms with Crippen molar-refractivity contribution in [2.45, 2.75) is 25.4 Å². The molecule has 1 aliphatic carbocycles. The Balaban J connectivity index is 1.86. The monoisotopic (exact) mass is 473 g/mol. The summed E-state index contributed by atoms with van der Waals surface area (Å²) in [6, 6.07) is 9.31. The van der Waals surface area contributed by atoms with Crippen LogP contribution in [-0.2, 0) is 0 Å². The second-order valence-electron chi connectivity index (χ2n) is 8.15. The van der Waals surface area contributed by atoms with Crippen molar-refractivity contribution in [2.24, 2.45) is 5.73 Å². The number of nitrogens with one attached hydrogen (secondary N) is 2. The number of primary amides is 1. The zero-order chi connectivity index (χ0) is 26.4. The smallest absolute Gasteiger partial charge is 0.265 e. The van der Waals surface area contributed by atoms with Crippen LogP contribution in [0.25, 0.3) is 22.3 Å². The Kier molecular flexibility index (Phi) is 4.86. The van der Waals surface area contributed by atoms with Crippen LogP contribution in [-0.4, -0.2) is 36.0 Å². The van der Waals surface area contributed by atoms with Gasteiger partial charge in [0.05, 0.1) is 23.3 Å². The highest BCUT2D eigenvalue weighted by molar-refractivity contribution is 6.34. The number of benzene rings is 2. The lowest BCUT2D eigenvalue weighted by Gasteiger charge is -2.14. The summed E-state index contributed by atoms with van der Waals surface area (Å²) in [6.45, 7) is 1.62. The molecule has 0 unspecified atom stereocenters. The maximum absolute atomic E-state index is 14.0. The summed E-state index contributed by atoms with van der Waals surface area (Å²) in [5, 5.41) is 2.61. The minimum absolute atomic E-state index is 0.0173. The Morgan fingerprint density at radius 3 is 2.67 bits per heavy atom. The molecule has 172 valence electrons. The number of nitrogens with two attached hydrogens (primary N) is 2. The molecule has 0 aliphatic heterocycles. The van der Waals surface area contributed by atoms with Gasteiger partial charge in [0.2, 0.25) is 0 Å². The summed E-state index contributed by atoms with van der Waals surface area (Å²) in [6.07, 6.45) is 0.699. The second-order valence-corrected chi connectivity index (χ2v) is 8.53. The van der Waals surface area contributed by atoms with Gasteiger partial charge in [0, 0.05) is 16.8 Å². The molecule has 9 heteroatoms. The maximum Gasteiger partial charge on any atom is 0.265 e. The molecule has 1 aliphatic rings. The van der Waals surface area contributed by atoms with E-state index in [9.17, 15) is 14.0 Å². The number of H-pyrrole nitrogens is 1. The highest BCUT2D eigenvalue weighted by atomic mass is 35.5. The molecule has 2 amide bonds. The van der Waals surface area contributed by atoms with Crippen molar-refractivity contribution in [3.63, 3.8) is 0 Å². The van der Waals surface area contributed by atoms with E-state index >= 15 is 0 Å². The van der Waals surface area contributed by atoms with Crippen LogP contribution in [0, 0.1) is 6.92 Å². The molecule has 33 heavy (non-hydrogen) atoms. The van der Waals surface area contributed by atoms with Crippen molar-refractivity contribution in [1.82, 2.24) is 10.3 Å². The highest BCUT2D eigenvalue weighted by Gasteiger charge is 2.43. The van der Waals surface area contributed by atoms with Crippen LogP contribution < -0.4 is 21.5 Å². The van der Waals surface area contributed by atoms with Gasteiger partial charge in [-0.05, 0) is 60.7 Å². The van der Waals surface area contributed by atoms with Gasteiger partial charge in [0.1, 0.15) is 22.3 Å². The largest absolute Gasteiger partial charge is 0.496 e. The fourth-order valence-electron chi connectivity index (χ4n) is 3.76. The van der Waals surface area contributed by atoms with Crippen molar-refractivity contribution in [3.05, 3.63) is 58.4 Å². The molecule has 1 heterocycles. The van der Waals surface area contributed by atoms with E-state index in [1.165, 1.54) is 18.2 Å². The Bertz CT molecular complexity index is 1370. The molecule has 1 saturated carbocycles. The number of anilines is 1. The number of methoxy groups -OCH3 is 1. The van der Waals surface area contributed by atoms with Crippen LogP contribution in [0.5, 0.6) is 5.75 Å². The molecule has 0 saturated heterocycles. The fourth-order valence-corrected chi connectivity index (χ4v) is 4.05. The third-order valence-corrected chi connectivity index (χ3v) is 5.99. The first-order valence-electron chi connectivity index (χ1n) is 11.7. The van der Waals surface area contributed by atoms with Gasteiger partial charge in [0.15, 0.2) is 0 Å². The molecule has 0 spiro atoms. The average molecular weight is 474 g/mol. The Hall–Kier alpha value is -3.52. The Morgan fingerprint density at radius 2 is 2.03 bits per heavy atom. The number of amides is 2. The number of aryl methyl sites for hydroxylation is 1. The number of aromatic amines is 1. The summed E-state index contributed by atoms with van der Waals surface area (Å²) in [7, 11) is -2.88. The molecule has 1 fully saturated rings. The third-order valence-electron chi connectivity index (χ3n) is 5.70. The van der Waals surface area contributed by atoms with Crippen LogP contribution >= 0.6 is 11.6 Å². The molecule has 4 rings (SSSR count). The summed E-state index contributed by atoms with van der Waals surface area (Å²) in [4.78, 5) is 27.8. The zero-order valence-corrected chi connectivity index (χ0v) is 18.5. The lowest BCUT2D eigenvalue weighted by Crippen LogP contribution is -2.31. The van der Waals surface area contributed by atoms with Crippen molar-refractivity contribution >= 4 is 29.1 Å². The number of halogens is 2. The summed E-state index contributed by atoms with van der Waals surface area (Å²) < 4.78 is 41.8. The van der Waals surface area contributed by atoms with E-state index in [4.69, 9.17) is 31.9 Å². The number of alkyl halides is 1. The molecular weight excluding hydrogens is 447 g/mol. The topological polar surface area (TPSA) is 123 Å². The van der Waals surface area contributed by atoms with Gasteiger partial charge in [-0.1, -0.05) is 23.7 Å². The number of ether oxygens (including phenoxy) is 1. The SMILES string of the molecule is [2H]C([2H])([2H])Oc1cc(-c2c(C(N)=O)[nH]c(Cl)c2-c2ccc(N)cc2C)ccc1C(=O)NCC1(F)CC1. The predicted octanol–water partition coefficient (Wildman–Crippen LogP) is 4.23. The number of rotatable bonds is 7. The zero-order valence-electron chi connectivity index (χ0n) is 20.7. The van der Waals surface area contributed by atoms with Crippen molar-refractivity contribution in [1.29, 1.82) is 0 Å². The van der Waals surface area contributed by atoms with E-state index in [2.05, 4.69) is 10.3 Å². The predicted molar refractivity (Wildman–Crippen MR) is 126 cm³/mol. The van der Waals surface area contributed by atoms with Crippen LogP contribution in [0.15, 0.2) is 36.4 Å². The molecular formula is C24H24ClFN4O3. The molecule has 7 nitrogen and oxygen atoms in total. The summed E-state index contributed by atoms with van der Waals surface area (Å²) >= 11 is 6.49. The number of aromatic nitrogens is 1. The van der Waals surface area contributed by atoms with Gasteiger partial charge in [-0.3, -0.25) is 9.59 Å². The third kappa shape index (κ3) is 4.39. The first-order valence-corrected chi connectivity index (χ1v) is 10.5. The minimum Gasteiger partial charge on any atom is -0.496 e.